The van der Waals surface area contributed by atoms with Crippen molar-refractivity contribution < 1.29 is 9.47 Å². The van der Waals surface area contributed by atoms with Crippen molar-refractivity contribution >= 4 is 23.2 Å². The molecule has 0 aliphatic rings. The Bertz CT molecular complexity index is 653. The minimum atomic E-state index is 0.471. The normalized spacial score (nSPS) is 9.95. The van der Waals surface area contributed by atoms with E-state index in [4.69, 9.17) is 37.9 Å². The monoisotopic (exact) mass is 321 g/mol. The molecule has 108 valence electrons. The molecule has 0 aliphatic heterocycles. The van der Waals surface area contributed by atoms with Crippen LogP contribution in [0.2, 0.25) is 10.0 Å². The molecular formula is C16H13Cl2NO2. The zero-order chi connectivity index (χ0) is 15.1. The summed E-state index contributed by atoms with van der Waals surface area (Å²) in [5.74, 6) is 1.36. The van der Waals surface area contributed by atoms with E-state index in [1.54, 1.807) is 36.4 Å². The first kappa shape index (κ1) is 15.5. The lowest BCUT2D eigenvalue weighted by atomic mass is 10.2. The van der Waals surface area contributed by atoms with E-state index in [0.717, 1.165) is 6.42 Å². The van der Waals surface area contributed by atoms with Crippen molar-refractivity contribution in [1.82, 2.24) is 0 Å². The molecule has 0 atom stereocenters. The second-order valence-electron chi connectivity index (χ2n) is 4.27. The number of benzene rings is 2. The van der Waals surface area contributed by atoms with Crippen molar-refractivity contribution in [2.45, 2.75) is 6.42 Å². The molecule has 2 aromatic carbocycles. The first-order valence-corrected chi connectivity index (χ1v) is 7.15. The molecule has 2 rings (SSSR count). The zero-order valence-corrected chi connectivity index (χ0v) is 12.7. The smallest absolute Gasteiger partial charge is 0.120 e. The minimum Gasteiger partial charge on any atom is -0.493 e. The van der Waals surface area contributed by atoms with Crippen molar-refractivity contribution in [2.24, 2.45) is 0 Å². The molecular weight excluding hydrogens is 309 g/mol. The van der Waals surface area contributed by atoms with E-state index in [1.165, 1.54) is 0 Å². The van der Waals surface area contributed by atoms with Crippen LogP contribution in [0, 0.1) is 11.3 Å². The lowest BCUT2D eigenvalue weighted by Gasteiger charge is -2.08. The Morgan fingerprint density at radius 1 is 0.905 bits per heavy atom. The van der Waals surface area contributed by atoms with Crippen LogP contribution in [0.4, 0.5) is 0 Å². The molecule has 0 aromatic heterocycles. The van der Waals surface area contributed by atoms with Crippen LogP contribution in [0.15, 0.2) is 42.5 Å². The lowest BCUT2D eigenvalue weighted by Crippen LogP contribution is -2.05. The highest BCUT2D eigenvalue weighted by Gasteiger charge is 2.01. The first-order chi connectivity index (χ1) is 10.2. The second kappa shape index (κ2) is 7.78. The number of ether oxygens (including phenoxy) is 2. The number of halogens is 2. The molecule has 0 fully saturated rings. The van der Waals surface area contributed by atoms with Crippen molar-refractivity contribution in [3.63, 3.8) is 0 Å². The van der Waals surface area contributed by atoms with E-state index in [-0.39, 0.29) is 0 Å². The molecule has 0 spiro atoms. The molecule has 0 bridgehead atoms. The topological polar surface area (TPSA) is 42.2 Å². The summed E-state index contributed by atoms with van der Waals surface area (Å²) in [6.07, 6.45) is 0.719. The molecule has 0 amide bonds. The molecule has 0 unspecified atom stereocenters. The third-order valence-electron chi connectivity index (χ3n) is 2.68. The van der Waals surface area contributed by atoms with Gasteiger partial charge in [-0.1, -0.05) is 29.3 Å². The summed E-state index contributed by atoms with van der Waals surface area (Å²) in [5.41, 5.74) is 0.583. The number of hydrogen-bond donors (Lipinski definition) is 0. The predicted octanol–water partition coefficient (Wildman–Crippen LogP) is 4.71. The van der Waals surface area contributed by atoms with E-state index >= 15 is 0 Å². The van der Waals surface area contributed by atoms with Crippen LogP contribution in [0.1, 0.15) is 12.0 Å². The average Bonchev–Trinajstić information content (AvgIpc) is 2.50. The lowest BCUT2D eigenvalue weighted by molar-refractivity contribution is 0.247. The van der Waals surface area contributed by atoms with Crippen LogP contribution in [-0.2, 0) is 0 Å². The van der Waals surface area contributed by atoms with Crippen molar-refractivity contribution in [1.29, 1.82) is 5.26 Å². The maximum atomic E-state index is 8.79. The Hall–Kier alpha value is -1.89. The van der Waals surface area contributed by atoms with Gasteiger partial charge in [0.2, 0.25) is 0 Å². The van der Waals surface area contributed by atoms with E-state index in [1.807, 2.05) is 6.07 Å². The SMILES string of the molecule is N#Cc1cccc(OCCCOc2ccc(Cl)c(Cl)c2)c1. The Labute approximate surface area is 133 Å². The fourth-order valence-corrected chi connectivity index (χ4v) is 1.95. The third-order valence-corrected chi connectivity index (χ3v) is 3.42. The minimum absolute atomic E-state index is 0.471. The molecule has 0 heterocycles. The molecule has 0 saturated heterocycles. The summed E-state index contributed by atoms with van der Waals surface area (Å²) in [4.78, 5) is 0. The van der Waals surface area contributed by atoms with Crippen LogP contribution in [0.3, 0.4) is 0 Å². The highest BCUT2D eigenvalue weighted by atomic mass is 35.5. The Morgan fingerprint density at radius 2 is 1.62 bits per heavy atom. The Kier molecular flexibility index (Phi) is 5.74. The Morgan fingerprint density at radius 3 is 2.29 bits per heavy atom. The molecule has 0 radical (unpaired) electrons. The van der Waals surface area contributed by atoms with Crippen LogP contribution < -0.4 is 9.47 Å². The van der Waals surface area contributed by atoms with Crippen molar-refractivity contribution in [2.75, 3.05) is 13.2 Å². The van der Waals surface area contributed by atoms with Gasteiger partial charge in [0.05, 0.1) is 34.9 Å². The number of nitriles is 1. The average molecular weight is 322 g/mol. The highest BCUT2D eigenvalue weighted by Crippen LogP contribution is 2.26. The molecule has 0 N–H and O–H groups in total. The number of nitrogens with zero attached hydrogens (tertiary/aromatic N) is 1. The zero-order valence-electron chi connectivity index (χ0n) is 11.2. The van der Waals surface area contributed by atoms with Gasteiger partial charge in [0.1, 0.15) is 11.5 Å². The molecule has 5 heteroatoms. The molecule has 3 nitrogen and oxygen atoms in total. The van der Waals surface area contributed by atoms with Crippen LogP contribution in [0.25, 0.3) is 0 Å². The van der Waals surface area contributed by atoms with E-state index in [9.17, 15) is 0 Å². The molecule has 2 aromatic rings. The summed E-state index contributed by atoms with van der Waals surface area (Å²) in [6, 6.07) is 14.3. The number of hydrogen-bond acceptors (Lipinski definition) is 3. The van der Waals surface area contributed by atoms with Crippen molar-refractivity contribution in [3.05, 3.63) is 58.1 Å². The summed E-state index contributed by atoms with van der Waals surface area (Å²) in [5, 5.41) is 9.77. The van der Waals surface area contributed by atoms with Gasteiger partial charge in [-0.25, -0.2) is 0 Å². The van der Waals surface area contributed by atoms with Gasteiger partial charge in [-0.05, 0) is 30.3 Å². The maximum absolute atomic E-state index is 8.79. The van der Waals surface area contributed by atoms with Gasteiger partial charge >= 0.3 is 0 Å². The maximum Gasteiger partial charge on any atom is 0.120 e. The third kappa shape index (κ3) is 4.86. The summed E-state index contributed by atoms with van der Waals surface area (Å²) < 4.78 is 11.1. The second-order valence-corrected chi connectivity index (χ2v) is 5.08. The quantitative estimate of drug-likeness (QED) is 0.723. The molecule has 0 aliphatic carbocycles. The van der Waals surface area contributed by atoms with Gasteiger partial charge in [0, 0.05) is 12.5 Å². The van der Waals surface area contributed by atoms with Gasteiger partial charge in [0.15, 0.2) is 0 Å². The standard InChI is InChI=1S/C16H13Cl2NO2/c17-15-6-5-14(10-16(15)18)21-8-2-7-20-13-4-1-3-12(9-13)11-19/h1,3-6,9-10H,2,7-8H2. The highest BCUT2D eigenvalue weighted by molar-refractivity contribution is 6.42. The van der Waals surface area contributed by atoms with Gasteiger partial charge < -0.3 is 9.47 Å². The van der Waals surface area contributed by atoms with E-state index in [0.29, 0.717) is 40.3 Å². The molecule has 21 heavy (non-hydrogen) atoms. The summed E-state index contributed by atoms with van der Waals surface area (Å²) in [6.45, 7) is 1.02. The van der Waals surface area contributed by atoms with Crippen LogP contribution in [-0.4, -0.2) is 13.2 Å². The fraction of sp³-hybridized carbons (Fsp3) is 0.188. The fourth-order valence-electron chi connectivity index (χ4n) is 1.66. The number of rotatable bonds is 6. The largest absolute Gasteiger partial charge is 0.493 e. The summed E-state index contributed by atoms with van der Waals surface area (Å²) >= 11 is 11.7. The van der Waals surface area contributed by atoms with E-state index in [2.05, 4.69) is 6.07 Å². The van der Waals surface area contributed by atoms with Gasteiger partial charge in [0.25, 0.3) is 0 Å². The predicted molar refractivity (Wildman–Crippen MR) is 83.2 cm³/mol. The summed E-state index contributed by atoms with van der Waals surface area (Å²) in [7, 11) is 0. The van der Waals surface area contributed by atoms with Gasteiger partial charge in [-0.15, -0.1) is 0 Å². The Balaban J connectivity index is 1.72. The van der Waals surface area contributed by atoms with Crippen LogP contribution in [0.5, 0.6) is 11.5 Å². The van der Waals surface area contributed by atoms with Gasteiger partial charge in [-0.2, -0.15) is 5.26 Å². The van der Waals surface area contributed by atoms with E-state index < -0.39 is 0 Å². The van der Waals surface area contributed by atoms with Crippen molar-refractivity contribution in [3.8, 4) is 17.6 Å². The molecule has 0 saturated carbocycles. The first-order valence-electron chi connectivity index (χ1n) is 6.40. The van der Waals surface area contributed by atoms with Crippen LogP contribution >= 0.6 is 23.2 Å². The van der Waals surface area contributed by atoms with Gasteiger partial charge in [-0.3, -0.25) is 0 Å².